The average molecular weight is 204 g/mol. The average Bonchev–Trinajstić information content (AvgIpc) is 2.66. The van der Waals surface area contributed by atoms with Gasteiger partial charge < -0.3 is 5.32 Å². The zero-order valence-corrected chi connectivity index (χ0v) is 8.61. The van der Waals surface area contributed by atoms with E-state index in [0.29, 0.717) is 11.2 Å². The molecule has 0 fully saturated rings. The number of nitrogens with zero attached hydrogens (tertiary/aromatic N) is 2. The van der Waals surface area contributed by atoms with Gasteiger partial charge in [0.15, 0.2) is 0 Å². The first-order valence-electron chi connectivity index (χ1n) is 4.79. The number of amides is 1. The first-order valence-corrected chi connectivity index (χ1v) is 4.79. The number of benzene rings is 1. The minimum atomic E-state index is -0.0489. The van der Waals surface area contributed by atoms with E-state index in [4.69, 9.17) is 0 Å². The third-order valence-electron chi connectivity index (χ3n) is 2.13. The molecule has 0 aliphatic heterocycles. The lowest BCUT2D eigenvalue weighted by Crippen LogP contribution is -2.17. The van der Waals surface area contributed by atoms with Crippen LogP contribution in [0.5, 0.6) is 0 Å². The highest BCUT2D eigenvalue weighted by atomic mass is 16.1. The number of hydrogen-bond donors (Lipinski definition) is 2. The van der Waals surface area contributed by atoms with Crippen molar-refractivity contribution in [1.29, 1.82) is 0 Å². The minimum Gasteiger partial charge on any atom is -0.324 e. The molecule has 1 aromatic heterocycles. The summed E-state index contributed by atoms with van der Waals surface area (Å²) in [5.74, 6) is -0.0716. The van der Waals surface area contributed by atoms with Gasteiger partial charge in [0.2, 0.25) is 5.91 Å². The lowest BCUT2D eigenvalue weighted by molar-refractivity contribution is -0.118. The predicted molar refractivity (Wildman–Crippen MR) is 57.4 cm³/mol. The van der Waals surface area contributed by atoms with Crippen molar-refractivity contribution in [3.05, 3.63) is 18.2 Å². The second-order valence-electron chi connectivity index (χ2n) is 3.64. The highest BCUT2D eigenvalue weighted by Gasteiger charge is 2.10. The molecular weight excluding hydrogens is 192 g/mol. The first kappa shape index (κ1) is 9.64. The quantitative estimate of drug-likeness (QED) is 0.779. The fourth-order valence-electron chi connectivity index (χ4n) is 1.25. The Balaban J connectivity index is 2.35. The zero-order valence-electron chi connectivity index (χ0n) is 8.61. The fraction of sp³-hybridized carbons (Fsp3) is 0.300. The van der Waals surface area contributed by atoms with Crippen molar-refractivity contribution in [2.24, 2.45) is 5.92 Å². The van der Waals surface area contributed by atoms with Crippen LogP contribution in [0.3, 0.4) is 0 Å². The van der Waals surface area contributed by atoms with Crippen LogP contribution < -0.4 is 5.32 Å². The summed E-state index contributed by atoms with van der Waals surface area (Å²) in [5.41, 5.74) is 2.13. The molecule has 2 rings (SSSR count). The van der Waals surface area contributed by atoms with Gasteiger partial charge in [-0.05, 0) is 12.1 Å². The molecule has 1 heterocycles. The number of carbonyl (C=O) groups excluding carboxylic acids is 1. The van der Waals surface area contributed by atoms with Gasteiger partial charge in [-0.2, -0.15) is 15.4 Å². The summed E-state index contributed by atoms with van der Waals surface area (Å²) in [6.07, 6.45) is 0. The van der Waals surface area contributed by atoms with E-state index in [1.54, 1.807) is 0 Å². The van der Waals surface area contributed by atoms with E-state index < -0.39 is 0 Å². The maximum absolute atomic E-state index is 11.5. The molecule has 2 N–H and O–H groups in total. The largest absolute Gasteiger partial charge is 0.324 e. The van der Waals surface area contributed by atoms with E-state index in [9.17, 15) is 4.79 Å². The second kappa shape index (κ2) is 3.68. The molecule has 0 aliphatic carbocycles. The molecule has 2 aromatic rings. The Bertz CT molecular complexity index is 489. The van der Waals surface area contributed by atoms with Crippen LogP contribution in [0.1, 0.15) is 13.8 Å². The highest BCUT2D eigenvalue weighted by Crippen LogP contribution is 2.19. The van der Waals surface area contributed by atoms with Gasteiger partial charge in [0.1, 0.15) is 11.0 Å². The Kier molecular flexibility index (Phi) is 2.37. The molecule has 0 saturated carbocycles. The zero-order chi connectivity index (χ0) is 10.8. The standard InChI is InChI=1S/C10H12N4O/c1-6(2)10(15)11-7-4-3-5-8-9(7)13-14-12-8/h3-6H,1-2H3,(H,11,15)(H,12,13,14). The molecule has 5 heteroatoms. The summed E-state index contributed by atoms with van der Waals surface area (Å²) < 4.78 is 0. The third-order valence-corrected chi connectivity index (χ3v) is 2.13. The molecule has 0 bridgehead atoms. The van der Waals surface area contributed by atoms with Crippen molar-refractivity contribution in [2.75, 3.05) is 5.32 Å². The molecule has 0 spiro atoms. The molecule has 15 heavy (non-hydrogen) atoms. The molecule has 78 valence electrons. The number of hydrogen-bond acceptors (Lipinski definition) is 3. The molecule has 0 radical (unpaired) electrons. The molecule has 0 saturated heterocycles. The predicted octanol–water partition coefficient (Wildman–Crippen LogP) is 1.55. The first-order chi connectivity index (χ1) is 7.18. The summed E-state index contributed by atoms with van der Waals surface area (Å²) in [4.78, 5) is 11.5. The topological polar surface area (TPSA) is 70.7 Å². The van der Waals surface area contributed by atoms with Crippen LogP contribution in [0.15, 0.2) is 18.2 Å². The van der Waals surface area contributed by atoms with Crippen molar-refractivity contribution in [1.82, 2.24) is 15.4 Å². The van der Waals surface area contributed by atoms with Crippen molar-refractivity contribution in [2.45, 2.75) is 13.8 Å². The molecular formula is C10H12N4O. The molecule has 1 amide bonds. The summed E-state index contributed by atoms with van der Waals surface area (Å²) in [6.45, 7) is 3.69. The van der Waals surface area contributed by atoms with E-state index in [1.807, 2.05) is 32.0 Å². The van der Waals surface area contributed by atoms with Gasteiger partial charge in [-0.25, -0.2) is 0 Å². The van der Waals surface area contributed by atoms with Crippen molar-refractivity contribution in [3.63, 3.8) is 0 Å². The van der Waals surface area contributed by atoms with Gasteiger partial charge in [0, 0.05) is 5.92 Å². The van der Waals surface area contributed by atoms with Gasteiger partial charge in [0.05, 0.1) is 5.69 Å². The molecule has 1 aromatic carbocycles. The number of anilines is 1. The maximum atomic E-state index is 11.5. The molecule has 5 nitrogen and oxygen atoms in total. The number of para-hydroxylation sites is 1. The number of H-pyrrole nitrogens is 1. The summed E-state index contributed by atoms with van der Waals surface area (Å²) in [6, 6.07) is 5.48. The SMILES string of the molecule is CC(C)C(=O)Nc1cccc2n[nH]nc12. The van der Waals surface area contributed by atoms with Crippen molar-refractivity contribution < 1.29 is 4.79 Å². The third kappa shape index (κ3) is 1.81. The van der Waals surface area contributed by atoms with E-state index in [2.05, 4.69) is 20.7 Å². The fourth-order valence-corrected chi connectivity index (χ4v) is 1.25. The summed E-state index contributed by atoms with van der Waals surface area (Å²) in [7, 11) is 0. The van der Waals surface area contributed by atoms with Crippen LogP contribution >= 0.6 is 0 Å². The van der Waals surface area contributed by atoms with E-state index in [0.717, 1.165) is 5.52 Å². The number of rotatable bonds is 2. The molecule has 0 atom stereocenters. The van der Waals surface area contributed by atoms with E-state index in [1.165, 1.54) is 0 Å². The Labute approximate surface area is 86.9 Å². The van der Waals surface area contributed by atoms with Gasteiger partial charge in [0.25, 0.3) is 0 Å². The van der Waals surface area contributed by atoms with Crippen molar-refractivity contribution >= 4 is 22.6 Å². The number of fused-ring (bicyclic) bond motifs is 1. The van der Waals surface area contributed by atoms with Crippen LogP contribution in [0.2, 0.25) is 0 Å². The van der Waals surface area contributed by atoms with E-state index >= 15 is 0 Å². The van der Waals surface area contributed by atoms with E-state index in [-0.39, 0.29) is 11.8 Å². The Morgan fingerprint density at radius 2 is 2.20 bits per heavy atom. The smallest absolute Gasteiger partial charge is 0.226 e. The minimum absolute atomic E-state index is 0.0227. The number of nitrogens with one attached hydrogen (secondary N) is 2. The van der Waals surface area contributed by atoms with Crippen LogP contribution in [0, 0.1) is 5.92 Å². The number of aromatic nitrogens is 3. The number of aromatic amines is 1. The summed E-state index contributed by atoms with van der Waals surface area (Å²) >= 11 is 0. The lowest BCUT2D eigenvalue weighted by Gasteiger charge is -2.07. The maximum Gasteiger partial charge on any atom is 0.226 e. The Morgan fingerprint density at radius 3 is 2.93 bits per heavy atom. The Hall–Kier alpha value is -1.91. The van der Waals surface area contributed by atoms with Gasteiger partial charge in [-0.15, -0.1) is 0 Å². The van der Waals surface area contributed by atoms with Gasteiger partial charge >= 0.3 is 0 Å². The lowest BCUT2D eigenvalue weighted by atomic mass is 10.2. The van der Waals surface area contributed by atoms with Gasteiger partial charge in [-0.3, -0.25) is 4.79 Å². The van der Waals surface area contributed by atoms with Crippen LogP contribution in [0.4, 0.5) is 5.69 Å². The van der Waals surface area contributed by atoms with Crippen LogP contribution in [-0.2, 0) is 4.79 Å². The van der Waals surface area contributed by atoms with Gasteiger partial charge in [-0.1, -0.05) is 19.9 Å². The van der Waals surface area contributed by atoms with Crippen molar-refractivity contribution in [3.8, 4) is 0 Å². The molecule has 0 unspecified atom stereocenters. The highest BCUT2D eigenvalue weighted by molar-refractivity contribution is 5.99. The Morgan fingerprint density at radius 1 is 1.40 bits per heavy atom. The molecule has 0 aliphatic rings. The number of carbonyl (C=O) groups is 1. The second-order valence-corrected chi connectivity index (χ2v) is 3.64. The summed E-state index contributed by atoms with van der Waals surface area (Å²) in [5, 5.41) is 13.3. The monoisotopic (exact) mass is 204 g/mol. The van der Waals surface area contributed by atoms with Crippen LogP contribution in [-0.4, -0.2) is 21.3 Å². The van der Waals surface area contributed by atoms with Crippen LogP contribution in [0.25, 0.3) is 11.0 Å². The normalized spacial score (nSPS) is 10.9.